The highest BCUT2D eigenvalue weighted by atomic mass is 32.1. The van der Waals surface area contributed by atoms with Gasteiger partial charge < -0.3 is 5.32 Å². The van der Waals surface area contributed by atoms with Crippen LogP contribution in [0.3, 0.4) is 0 Å². The zero-order valence-corrected chi connectivity index (χ0v) is 12.2. The molecule has 3 aromatic heterocycles. The number of nitrogens with zero attached hydrogens (tertiary/aromatic N) is 1. The summed E-state index contributed by atoms with van der Waals surface area (Å²) in [4.78, 5) is 6.89. The summed E-state index contributed by atoms with van der Waals surface area (Å²) in [5, 5.41) is 7.82. The van der Waals surface area contributed by atoms with Crippen LogP contribution in [-0.2, 0) is 0 Å². The topological polar surface area (TPSA) is 24.9 Å². The van der Waals surface area contributed by atoms with Crippen LogP contribution in [0.2, 0.25) is 0 Å². The summed E-state index contributed by atoms with van der Waals surface area (Å²) in [5.74, 6) is 0. The maximum Gasteiger partial charge on any atom is 0.0954 e. The fraction of sp³-hybridized carbons (Fsp3) is 0.133. The summed E-state index contributed by atoms with van der Waals surface area (Å²) in [6, 6.07) is 10.9. The zero-order chi connectivity index (χ0) is 13.1. The highest BCUT2D eigenvalue weighted by Gasteiger charge is 2.16. The van der Waals surface area contributed by atoms with Crippen LogP contribution in [0.1, 0.15) is 21.4 Å². The van der Waals surface area contributed by atoms with Crippen molar-refractivity contribution in [1.29, 1.82) is 0 Å². The van der Waals surface area contributed by atoms with Crippen molar-refractivity contribution in [3.63, 3.8) is 0 Å². The van der Waals surface area contributed by atoms with Gasteiger partial charge in [0.05, 0.1) is 11.7 Å². The second kappa shape index (κ2) is 5.55. The first-order chi connectivity index (χ1) is 9.33. The van der Waals surface area contributed by atoms with E-state index in [0.717, 1.165) is 5.69 Å². The highest BCUT2D eigenvalue weighted by Crippen LogP contribution is 2.32. The summed E-state index contributed by atoms with van der Waals surface area (Å²) >= 11 is 3.55. The van der Waals surface area contributed by atoms with Crippen molar-refractivity contribution in [2.45, 2.75) is 13.0 Å². The Hall–Kier alpha value is -1.65. The van der Waals surface area contributed by atoms with Crippen molar-refractivity contribution >= 4 is 28.4 Å². The van der Waals surface area contributed by atoms with Crippen LogP contribution in [0.25, 0.3) is 0 Å². The first kappa shape index (κ1) is 12.4. The highest BCUT2D eigenvalue weighted by molar-refractivity contribution is 7.11. The zero-order valence-electron chi connectivity index (χ0n) is 10.5. The van der Waals surface area contributed by atoms with Crippen LogP contribution in [0.15, 0.2) is 53.5 Å². The third-order valence-corrected chi connectivity index (χ3v) is 4.72. The van der Waals surface area contributed by atoms with Crippen LogP contribution in [0.5, 0.6) is 0 Å². The second-order valence-corrected chi connectivity index (χ2v) is 6.32. The quantitative estimate of drug-likeness (QED) is 0.751. The summed E-state index contributed by atoms with van der Waals surface area (Å²) < 4.78 is 0. The standard InChI is InChI=1S/C15H14N2S2/c1-11-8-12(10-16-9-11)17-15(13-4-2-6-18-13)14-5-3-7-19-14/h2-10,15,17H,1H3. The SMILES string of the molecule is Cc1cncc(NC(c2cccs2)c2cccs2)c1. The van der Waals surface area contributed by atoms with Crippen molar-refractivity contribution in [2.24, 2.45) is 0 Å². The summed E-state index contributed by atoms with van der Waals surface area (Å²) in [6.45, 7) is 2.06. The lowest BCUT2D eigenvalue weighted by Crippen LogP contribution is -2.09. The molecular formula is C15H14N2S2. The molecule has 0 fully saturated rings. The van der Waals surface area contributed by atoms with E-state index >= 15 is 0 Å². The molecule has 4 heteroatoms. The van der Waals surface area contributed by atoms with Crippen LogP contribution < -0.4 is 5.32 Å². The number of hydrogen-bond acceptors (Lipinski definition) is 4. The van der Waals surface area contributed by atoms with Crippen LogP contribution >= 0.6 is 22.7 Å². The largest absolute Gasteiger partial charge is 0.371 e. The van der Waals surface area contributed by atoms with Crippen molar-refractivity contribution in [3.05, 3.63) is 68.8 Å². The van der Waals surface area contributed by atoms with E-state index in [1.165, 1.54) is 15.3 Å². The third-order valence-electron chi connectivity index (χ3n) is 2.84. The number of aromatic nitrogens is 1. The van der Waals surface area contributed by atoms with Crippen molar-refractivity contribution in [1.82, 2.24) is 4.98 Å². The molecule has 3 aromatic rings. The maximum absolute atomic E-state index is 4.24. The summed E-state index contributed by atoms with van der Waals surface area (Å²) in [5.41, 5.74) is 2.23. The first-order valence-corrected chi connectivity index (χ1v) is 7.84. The van der Waals surface area contributed by atoms with Crippen LogP contribution in [0, 0.1) is 6.92 Å². The molecule has 0 unspecified atom stereocenters. The monoisotopic (exact) mass is 286 g/mol. The van der Waals surface area contributed by atoms with E-state index in [0.29, 0.717) is 0 Å². The molecule has 3 rings (SSSR count). The molecule has 96 valence electrons. The van der Waals surface area contributed by atoms with E-state index in [1.807, 2.05) is 12.4 Å². The molecule has 0 spiro atoms. The molecule has 19 heavy (non-hydrogen) atoms. The van der Waals surface area contributed by atoms with Gasteiger partial charge in [0.2, 0.25) is 0 Å². The van der Waals surface area contributed by atoms with Crippen molar-refractivity contribution < 1.29 is 0 Å². The maximum atomic E-state index is 4.24. The minimum absolute atomic E-state index is 0.212. The van der Waals surface area contributed by atoms with Gasteiger partial charge in [-0.15, -0.1) is 22.7 Å². The Kier molecular flexibility index (Phi) is 3.62. The van der Waals surface area contributed by atoms with E-state index in [4.69, 9.17) is 0 Å². The molecule has 0 aliphatic rings. The fourth-order valence-electron chi connectivity index (χ4n) is 1.99. The van der Waals surface area contributed by atoms with Crippen LogP contribution in [0.4, 0.5) is 5.69 Å². The molecule has 0 bridgehead atoms. The molecule has 3 heterocycles. The average Bonchev–Trinajstić information content (AvgIpc) is 3.10. The predicted octanol–water partition coefficient (Wildman–Crippen LogP) is 4.71. The van der Waals surface area contributed by atoms with E-state index in [1.54, 1.807) is 22.7 Å². The average molecular weight is 286 g/mol. The molecule has 0 saturated carbocycles. The molecule has 2 nitrogen and oxygen atoms in total. The van der Waals surface area contributed by atoms with Gasteiger partial charge in [-0.05, 0) is 41.4 Å². The van der Waals surface area contributed by atoms with Gasteiger partial charge in [0.15, 0.2) is 0 Å². The van der Waals surface area contributed by atoms with E-state index < -0.39 is 0 Å². The Morgan fingerprint density at radius 1 is 1.05 bits per heavy atom. The lowest BCUT2D eigenvalue weighted by Gasteiger charge is -2.17. The minimum Gasteiger partial charge on any atom is -0.371 e. The lowest BCUT2D eigenvalue weighted by atomic mass is 10.2. The number of anilines is 1. The van der Waals surface area contributed by atoms with Crippen LogP contribution in [-0.4, -0.2) is 4.98 Å². The molecule has 0 radical (unpaired) electrons. The number of rotatable bonds is 4. The molecule has 0 aliphatic heterocycles. The molecule has 0 saturated heterocycles. The Balaban J connectivity index is 1.92. The Labute approximate surface area is 120 Å². The van der Waals surface area contributed by atoms with Gasteiger partial charge in [-0.1, -0.05) is 12.1 Å². The van der Waals surface area contributed by atoms with Gasteiger partial charge >= 0.3 is 0 Å². The van der Waals surface area contributed by atoms with E-state index in [2.05, 4.69) is 58.3 Å². The summed E-state index contributed by atoms with van der Waals surface area (Å²) in [7, 11) is 0. The molecule has 0 amide bonds. The Morgan fingerprint density at radius 3 is 2.26 bits per heavy atom. The van der Waals surface area contributed by atoms with Gasteiger partial charge in [-0.2, -0.15) is 0 Å². The smallest absolute Gasteiger partial charge is 0.0954 e. The van der Waals surface area contributed by atoms with Crippen molar-refractivity contribution in [2.75, 3.05) is 5.32 Å². The van der Waals surface area contributed by atoms with Gasteiger partial charge in [-0.25, -0.2) is 0 Å². The predicted molar refractivity (Wildman–Crippen MR) is 83.1 cm³/mol. The van der Waals surface area contributed by atoms with Crippen molar-refractivity contribution in [3.8, 4) is 0 Å². The number of nitrogens with one attached hydrogen (secondary N) is 1. The molecule has 0 aliphatic carbocycles. The molecule has 0 aromatic carbocycles. The lowest BCUT2D eigenvalue weighted by molar-refractivity contribution is 0.987. The Morgan fingerprint density at radius 2 is 1.74 bits per heavy atom. The number of thiophene rings is 2. The van der Waals surface area contributed by atoms with Gasteiger partial charge in [0.1, 0.15) is 0 Å². The fourth-order valence-corrected chi connectivity index (χ4v) is 3.66. The third kappa shape index (κ3) is 2.85. The first-order valence-electron chi connectivity index (χ1n) is 6.08. The number of aryl methyl sites for hydroxylation is 1. The van der Waals surface area contributed by atoms with E-state index in [9.17, 15) is 0 Å². The van der Waals surface area contributed by atoms with Gasteiger partial charge in [0.25, 0.3) is 0 Å². The van der Waals surface area contributed by atoms with E-state index in [-0.39, 0.29) is 6.04 Å². The molecule has 1 N–H and O–H groups in total. The Bertz CT molecular complexity index is 596. The number of pyridine rings is 1. The molecular weight excluding hydrogens is 272 g/mol. The molecule has 0 atom stereocenters. The second-order valence-electron chi connectivity index (χ2n) is 4.36. The minimum atomic E-state index is 0.212. The normalized spacial score (nSPS) is 10.8. The van der Waals surface area contributed by atoms with Gasteiger partial charge in [-0.3, -0.25) is 4.98 Å². The van der Waals surface area contributed by atoms with Gasteiger partial charge in [0, 0.05) is 22.1 Å². The summed E-state index contributed by atoms with van der Waals surface area (Å²) in [6.07, 6.45) is 3.75. The number of hydrogen-bond donors (Lipinski definition) is 1.